The maximum absolute atomic E-state index is 12.6. The number of carbonyl (C=O) groups excluding carboxylic acids is 1. The molecule has 3 N–H and O–H groups in total. The van der Waals surface area contributed by atoms with Crippen LogP contribution in [0.2, 0.25) is 5.02 Å². The van der Waals surface area contributed by atoms with Crippen LogP contribution in [-0.2, 0) is 4.79 Å². The molecule has 196 valence electrons. The van der Waals surface area contributed by atoms with Gasteiger partial charge >= 0.3 is 0 Å². The minimum absolute atomic E-state index is 0.191. The van der Waals surface area contributed by atoms with Gasteiger partial charge in [-0.15, -0.1) is 0 Å². The molecule has 4 heterocycles. The first-order valence-corrected chi connectivity index (χ1v) is 13.5. The smallest absolute Gasteiger partial charge is 0.226 e. The molecule has 0 unspecified atom stereocenters. The van der Waals surface area contributed by atoms with E-state index in [2.05, 4.69) is 46.1 Å². The van der Waals surface area contributed by atoms with Crippen molar-refractivity contribution in [2.75, 3.05) is 36.9 Å². The van der Waals surface area contributed by atoms with Gasteiger partial charge in [0.15, 0.2) is 5.82 Å². The first-order chi connectivity index (χ1) is 17.9. The number of halogens is 1. The molecule has 2 aliphatic rings. The molecular weight excluding hydrogens is 484 g/mol. The summed E-state index contributed by atoms with van der Waals surface area (Å²) >= 11 is 7.18. The molecule has 0 saturated carbocycles. The van der Waals surface area contributed by atoms with E-state index in [-0.39, 0.29) is 11.3 Å². The molecule has 2 aromatic heterocycles. The molecule has 2 saturated heterocycles. The average Bonchev–Trinajstić information content (AvgIpc) is 3.45. The van der Waals surface area contributed by atoms with Crippen LogP contribution < -0.4 is 15.5 Å². The summed E-state index contributed by atoms with van der Waals surface area (Å²) in [6.07, 6.45) is 5.76. The molecule has 7 nitrogen and oxygen atoms in total. The maximum atomic E-state index is 12.6. The predicted molar refractivity (Wildman–Crippen MR) is 154 cm³/mol. The quantitative estimate of drug-likeness (QED) is 0.361. The summed E-state index contributed by atoms with van der Waals surface area (Å²) < 4.78 is 2.08. The predicted octanol–water partition coefficient (Wildman–Crippen LogP) is 5.98. The second-order valence-corrected chi connectivity index (χ2v) is 9.96. The molecule has 1 aromatic carbocycles. The molecule has 0 aliphatic carbocycles. The van der Waals surface area contributed by atoms with Gasteiger partial charge in [-0.05, 0) is 62.9 Å². The summed E-state index contributed by atoms with van der Waals surface area (Å²) in [4.78, 5) is 19.7. The second kappa shape index (κ2) is 11.0. The number of aromatic nitrogens is 2. The molecule has 2 aliphatic heterocycles. The van der Waals surface area contributed by atoms with Crippen LogP contribution in [0, 0.1) is 24.7 Å². The van der Waals surface area contributed by atoms with Crippen LogP contribution >= 0.6 is 11.6 Å². The minimum Gasteiger partial charge on any atom is -0.388 e. The first-order valence-electron chi connectivity index (χ1n) is 13.1. The first kappa shape index (κ1) is 26.7. The lowest BCUT2D eigenvalue weighted by molar-refractivity contribution is -0.128. The maximum Gasteiger partial charge on any atom is 0.226 e. The highest BCUT2D eigenvalue weighted by Gasteiger charge is 2.45. The molecule has 8 heteroatoms. The standard InChI is InChI=1S/C27H31ClN6O.C2H6/c1-17-4-5-18(2)34(17)25-23(28)24(33-12-9-27(10-13-33)8-11-31-26(27)35)21(16-32-25)19-6-7-22(30-3)20(14-19)15-29;1-2/h4-7,14-16,29-30H,8-13H2,1-3H3,(H,31,35);1-2H3. The number of hydrogen-bond donors (Lipinski definition) is 3. The molecule has 0 atom stereocenters. The van der Waals surface area contributed by atoms with Crippen molar-refractivity contribution in [3.63, 3.8) is 0 Å². The van der Waals surface area contributed by atoms with Gasteiger partial charge in [0.25, 0.3) is 0 Å². The number of anilines is 2. The van der Waals surface area contributed by atoms with E-state index in [1.165, 1.54) is 6.21 Å². The Morgan fingerprint density at radius 2 is 1.78 bits per heavy atom. The van der Waals surface area contributed by atoms with Crippen LogP contribution in [0.3, 0.4) is 0 Å². The van der Waals surface area contributed by atoms with Crippen molar-refractivity contribution in [2.45, 2.75) is 47.0 Å². The summed E-state index contributed by atoms with van der Waals surface area (Å²) in [6, 6.07) is 10.2. The Bertz CT molecular complexity index is 1290. The Kier molecular flexibility index (Phi) is 7.93. The number of pyridine rings is 1. The monoisotopic (exact) mass is 520 g/mol. The molecule has 3 aromatic rings. The fraction of sp³-hybridized carbons (Fsp3) is 0.414. The number of aryl methyl sites for hydroxylation is 2. The Balaban J connectivity index is 0.00000156. The van der Waals surface area contributed by atoms with Crippen molar-refractivity contribution in [2.24, 2.45) is 5.41 Å². The van der Waals surface area contributed by atoms with Crippen molar-refractivity contribution in [1.29, 1.82) is 5.41 Å². The van der Waals surface area contributed by atoms with Gasteiger partial charge in [-0.25, -0.2) is 4.98 Å². The highest BCUT2D eigenvalue weighted by molar-refractivity contribution is 6.35. The van der Waals surface area contributed by atoms with E-state index in [1.54, 1.807) is 0 Å². The van der Waals surface area contributed by atoms with Gasteiger partial charge in [-0.1, -0.05) is 31.5 Å². The lowest BCUT2D eigenvalue weighted by Gasteiger charge is -2.39. The van der Waals surface area contributed by atoms with Crippen LogP contribution in [0.4, 0.5) is 11.4 Å². The molecule has 5 rings (SSSR count). The Morgan fingerprint density at radius 3 is 2.35 bits per heavy atom. The SMILES string of the molecule is CC.CNc1ccc(-c2cnc(-n3c(C)ccc3C)c(Cl)c2N2CCC3(CCNC3=O)CC2)cc1C=N. The molecule has 0 bridgehead atoms. The molecule has 1 spiro atoms. The van der Waals surface area contributed by atoms with Crippen molar-refractivity contribution < 1.29 is 4.79 Å². The third-order valence-corrected chi connectivity index (χ3v) is 8.00. The van der Waals surface area contributed by atoms with E-state index < -0.39 is 0 Å². The number of carbonyl (C=O) groups is 1. The molecule has 1 amide bonds. The number of hydrogen-bond acceptors (Lipinski definition) is 5. The zero-order valence-corrected chi connectivity index (χ0v) is 23.2. The molecule has 2 fully saturated rings. The van der Waals surface area contributed by atoms with E-state index in [4.69, 9.17) is 22.0 Å². The normalized spacial score (nSPS) is 16.3. The van der Waals surface area contributed by atoms with Crippen LogP contribution in [0.15, 0.2) is 36.5 Å². The van der Waals surface area contributed by atoms with Gasteiger partial charge in [0, 0.05) is 67.3 Å². The Hall–Kier alpha value is -3.32. The third-order valence-electron chi connectivity index (χ3n) is 7.65. The zero-order chi connectivity index (χ0) is 26.7. The highest BCUT2D eigenvalue weighted by atomic mass is 35.5. The van der Waals surface area contributed by atoms with Crippen molar-refractivity contribution in [1.82, 2.24) is 14.9 Å². The van der Waals surface area contributed by atoms with Crippen molar-refractivity contribution >= 4 is 35.1 Å². The summed E-state index contributed by atoms with van der Waals surface area (Å²) in [5.74, 6) is 0.902. The largest absolute Gasteiger partial charge is 0.388 e. The van der Waals surface area contributed by atoms with Gasteiger partial charge in [0.1, 0.15) is 5.02 Å². The van der Waals surface area contributed by atoms with Gasteiger partial charge in [0.05, 0.1) is 11.1 Å². The molecular formula is C29H37ClN6O. The van der Waals surface area contributed by atoms with Crippen molar-refractivity contribution in [3.8, 4) is 16.9 Å². The molecule has 0 radical (unpaired) electrons. The minimum atomic E-state index is -0.256. The van der Waals surface area contributed by atoms with Gasteiger partial charge in [0.2, 0.25) is 5.91 Å². The number of rotatable bonds is 5. The number of benzene rings is 1. The van der Waals surface area contributed by atoms with Crippen LogP contribution in [0.25, 0.3) is 16.9 Å². The summed E-state index contributed by atoms with van der Waals surface area (Å²) in [5, 5.41) is 14.6. The number of amides is 1. The average molecular weight is 521 g/mol. The summed E-state index contributed by atoms with van der Waals surface area (Å²) in [7, 11) is 1.85. The lowest BCUT2D eigenvalue weighted by Crippen LogP contribution is -2.44. The lowest BCUT2D eigenvalue weighted by atomic mass is 9.77. The number of piperidine rings is 1. The van der Waals surface area contributed by atoms with Crippen LogP contribution in [0.1, 0.15) is 50.1 Å². The topological polar surface area (TPSA) is 86.0 Å². The Labute approximate surface area is 224 Å². The van der Waals surface area contributed by atoms with Crippen LogP contribution in [0.5, 0.6) is 0 Å². The van der Waals surface area contributed by atoms with Crippen LogP contribution in [-0.4, -0.2) is 48.4 Å². The second-order valence-electron chi connectivity index (χ2n) is 9.58. The highest BCUT2D eigenvalue weighted by Crippen LogP contribution is 2.45. The van der Waals surface area contributed by atoms with Crippen molar-refractivity contribution in [3.05, 3.63) is 58.5 Å². The summed E-state index contributed by atoms with van der Waals surface area (Å²) in [5.41, 5.74) is 6.40. The van der Waals surface area contributed by atoms with Gasteiger partial charge in [-0.2, -0.15) is 0 Å². The van der Waals surface area contributed by atoms with E-state index in [1.807, 2.05) is 45.3 Å². The zero-order valence-electron chi connectivity index (χ0n) is 22.4. The summed E-state index contributed by atoms with van der Waals surface area (Å²) in [6.45, 7) is 10.4. The fourth-order valence-corrected chi connectivity index (χ4v) is 5.93. The van der Waals surface area contributed by atoms with Gasteiger partial charge in [-0.3, -0.25) is 4.79 Å². The molecule has 37 heavy (non-hydrogen) atoms. The number of nitrogens with one attached hydrogen (secondary N) is 3. The van der Waals surface area contributed by atoms with E-state index >= 15 is 0 Å². The third kappa shape index (κ3) is 4.73. The van der Waals surface area contributed by atoms with E-state index in [0.29, 0.717) is 10.8 Å². The van der Waals surface area contributed by atoms with E-state index in [9.17, 15) is 4.79 Å². The van der Waals surface area contributed by atoms with E-state index in [0.717, 1.165) is 78.3 Å². The van der Waals surface area contributed by atoms with Gasteiger partial charge < -0.3 is 25.5 Å². The Morgan fingerprint density at radius 1 is 1.11 bits per heavy atom. The fourth-order valence-electron chi connectivity index (χ4n) is 5.58. The number of nitrogens with zero attached hydrogens (tertiary/aromatic N) is 3.